The van der Waals surface area contributed by atoms with Gasteiger partial charge in [-0.3, -0.25) is 4.99 Å². The Bertz CT molecular complexity index is 601. The first-order chi connectivity index (χ1) is 9.69. The van der Waals surface area contributed by atoms with Crippen molar-refractivity contribution in [3.05, 3.63) is 59.7 Å². The summed E-state index contributed by atoms with van der Waals surface area (Å²) in [4.78, 5) is 15.1. The Labute approximate surface area is 117 Å². The van der Waals surface area contributed by atoms with Crippen LogP contribution in [0.25, 0.3) is 0 Å². The van der Waals surface area contributed by atoms with Gasteiger partial charge in [0, 0.05) is 6.21 Å². The van der Waals surface area contributed by atoms with Crippen LogP contribution < -0.4 is 4.74 Å². The quantitative estimate of drug-likeness (QED) is 0.845. The first-order valence-electron chi connectivity index (χ1n) is 6.29. The van der Waals surface area contributed by atoms with Crippen LogP contribution in [0.3, 0.4) is 0 Å². The lowest BCUT2D eigenvalue weighted by molar-refractivity contribution is 0.0697. The summed E-state index contributed by atoms with van der Waals surface area (Å²) < 4.78 is 5.35. The lowest BCUT2D eigenvalue weighted by Crippen LogP contribution is -1.95. The largest absolute Gasteiger partial charge is 0.494 e. The number of aromatic carboxylic acids is 1. The number of nitrogens with zero attached hydrogens (tertiary/aromatic N) is 1. The normalized spacial score (nSPS) is 10.7. The molecule has 1 N–H and O–H groups in total. The van der Waals surface area contributed by atoms with E-state index in [4.69, 9.17) is 9.84 Å². The molecule has 0 radical (unpaired) electrons. The molecule has 0 bridgehead atoms. The van der Waals surface area contributed by atoms with E-state index in [2.05, 4.69) is 4.99 Å². The minimum atomic E-state index is -0.931. The van der Waals surface area contributed by atoms with Gasteiger partial charge in [-0.1, -0.05) is 12.1 Å². The molecule has 2 aromatic carbocycles. The van der Waals surface area contributed by atoms with Gasteiger partial charge in [0.15, 0.2) is 0 Å². The molecule has 0 atom stereocenters. The first-order valence-corrected chi connectivity index (χ1v) is 6.29. The van der Waals surface area contributed by atoms with Gasteiger partial charge < -0.3 is 9.84 Å². The van der Waals surface area contributed by atoms with Gasteiger partial charge in [0.1, 0.15) is 5.75 Å². The SMILES string of the molecule is CCOc1ccc(/N=C/c2ccc(C(=O)O)cc2)cc1. The van der Waals surface area contributed by atoms with E-state index in [0.29, 0.717) is 6.61 Å². The number of carboxylic acid groups (broad SMARTS) is 1. The Balaban J connectivity index is 2.06. The maximum atomic E-state index is 10.7. The second-order valence-corrected chi connectivity index (χ2v) is 4.11. The highest BCUT2D eigenvalue weighted by Gasteiger charge is 2.00. The zero-order chi connectivity index (χ0) is 14.4. The molecule has 0 saturated heterocycles. The second-order valence-electron chi connectivity index (χ2n) is 4.11. The van der Waals surface area contributed by atoms with Crippen molar-refractivity contribution in [1.29, 1.82) is 0 Å². The van der Waals surface area contributed by atoms with Gasteiger partial charge in [0.2, 0.25) is 0 Å². The smallest absolute Gasteiger partial charge is 0.335 e. The second kappa shape index (κ2) is 6.52. The molecule has 4 nitrogen and oxygen atoms in total. The predicted molar refractivity (Wildman–Crippen MR) is 78.3 cm³/mol. The Morgan fingerprint density at radius 2 is 1.80 bits per heavy atom. The van der Waals surface area contributed by atoms with Crippen LogP contribution in [0.5, 0.6) is 5.75 Å². The van der Waals surface area contributed by atoms with Crippen molar-refractivity contribution in [3.8, 4) is 5.75 Å². The fourth-order valence-corrected chi connectivity index (χ4v) is 1.66. The average molecular weight is 269 g/mol. The third-order valence-corrected chi connectivity index (χ3v) is 2.67. The molecule has 0 aromatic heterocycles. The Hall–Kier alpha value is -2.62. The number of aliphatic imine (C=N–C) groups is 1. The molecular formula is C16H15NO3. The van der Waals surface area contributed by atoms with Crippen molar-refractivity contribution in [2.75, 3.05) is 6.61 Å². The van der Waals surface area contributed by atoms with Crippen LogP contribution in [0.4, 0.5) is 5.69 Å². The molecule has 0 amide bonds. The summed E-state index contributed by atoms with van der Waals surface area (Å²) >= 11 is 0. The third-order valence-electron chi connectivity index (χ3n) is 2.67. The minimum absolute atomic E-state index is 0.267. The van der Waals surface area contributed by atoms with E-state index in [9.17, 15) is 4.79 Å². The van der Waals surface area contributed by atoms with E-state index in [0.717, 1.165) is 17.0 Å². The maximum absolute atomic E-state index is 10.7. The first kappa shape index (κ1) is 13.8. The van der Waals surface area contributed by atoms with Crippen LogP contribution in [0.2, 0.25) is 0 Å². The number of ether oxygens (including phenoxy) is 1. The van der Waals surface area contributed by atoms with Gasteiger partial charge in [-0.25, -0.2) is 4.79 Å². The average Bonchev–Trinajstić information content (AvgIpc) is 2.47. The van der Waals surface area contributed by atoms with E-state index < -0.39 is 5.97 Å². The molecule has 0 aliphatic heterocycles. The molecule has 0 unspecified atom stereocenters. The van der Waals surface area contributed by atoms with Crippen molar-refractivity contribution < 1.29 is 14.6 Å². The molecule has 0 aliphatic rings. The van der Waals surface area contributed by atoms with Crippen LogP contribution >= 0.6 is 0 Å². The van der Waals surface area contributed by atoms with Crippen LogP contribution in [-0.2, 0) is 0 Å². The van der Waals surface area contributed by atoms with Crippen molar-refractivity contribution >= 4 is 17.9 Å². The Morgan fingerprint density at radius 1 is 1.15 bits per heavy atom. The molecule has 0 saturated carbocycles. The summed E-state index contributed by atoms with van der Waals surface area (Å²) in [6, 6.07) is 14.0. The standard InChI is InChI=1S/C16H15NO3/c1-2-20-15-9-7-14(8-10-15)17-11-12-3-5-13(6-4-12)16(18)19/h3-11H,2H2,1H3,(H,18,19)/b17-11+. The zero-order valence-electron chi connectivity index (χ0n) is 11.1. The molecule has 0 aliphatic carbocycles. The summed E-state index contributed by atoms with van der Waals surface area (Å²) in [6.07, 6.45) is 1.70. The van der Waals surface area contributed by atoms with Gasteiger partial charge in [-0.2, -0.15) is 0 Å². The minimum Gasteiger partial charge on any atom is -0.494 e. The molecule has 0 heterocycles. The lowest BCUT2D eigenvalue weighted by Gasteiger charge is -2.02. The summed E-state index contributed by atoms with van der Waals surface area (Å²) in [7, 11) is 0. The van der Waals surface area contributed by atoms with Crippen LogP contribution in [-0.4, -0.2) is 23.9 Å². The summed E-state index contributed by atoms with van der Waals surface area (Å²) in [5.74, 6) is -0.114. The van der Waals surface area contributed by atoms with Crippen molar-refractivity contribution in [2.24, 2.45) is 4.99 Å². The monoisotopic (exact) mass is 269 g/mol. The van der Waals surface area contributed by atoms with Crippen molar-refractivity contribution in [2.45, 2.75) is 6.92 Å². The molecular weight excluding hydrogens is 254 g/mol. The fourth-order valence-electron chi connectivity index (χ4n) is 1.66. The van der Waals surface area contributed by atoms with E-state index >= 15 is 0 Å². The molecule has 20 heavy (non-hydrogen) atoms. The van der Waals surface area contributed by atoms with Crippen molar-refractivity contribution in [3.63, 3.8) is 0 Å². The molecule has 0 fully saturated rings. The molecule has 2 aromatic rings. The molecule has 0 spiro atoms. The van der Waals surface area contributed by atoms with Crippen LogP contribution in [0, 0.1) is 0 Å². The van der Waals surface area contributed by atoms with Gasteiger partial charge in [-0.05, 0) is 48.9 Å². The number of rotatable bonds is 5. The van der Waals surface area contributed by atoms with Gasteiger partial charge in [-0.15, -0.1) is 0 Å². The number of carboxylic acids is 1. The number of hydrogen-bond donors (Lipinski definition) is 1. The van der Waals surface area contributed by atoms with Gasteiger partial charge in [0.05, 0.1) is 17.9 Å². The highest BCUT2D eigenvalue weighted by Crippen LogP contribution is 2.18. The predicted octanol–water partition coefficient (Wildman–Crippen LogP) is 3.53. The maximum Gasteiger partial charge on any atom is 0.335 e. The van der Waals surface area contributed by atoms with Crippen LogP contribution in [0.15, 0.2) is 53.5 Å². The van der Waals surface area contributed by atoms with E-state index in [1.807, 2.05) is 31.2 Å². The molecule has 102 valence electrons. The van der Waals surface area contributed by atoms with Crippen molar-refractivity contribution in [1.82, 2.24) is 0 Å². The van der Waals surface area contributed by atoms with E-state index in [1.54, 1.807) is 30.5 Å². The zero-order valence-corrected chi connectivity index (χ0v) is 11.1. The number of carbonyl (C=O) groups is 1. The summed E-state index contributed by atoms with van der Waals surface area (Å²) in [5, 5.41) is 8.81. The number of benzene rings is 2. The summed E-state index contributed by atoms with van der Waals surface area (Å²) in [6.45, 7) is 2.57. The third kappa shape index (κ3) is 3.68. The van der Waals surface area contributed by atoms with Gasteiger partial charge >= 0.3 is 5.97 Å². The Kier molecular flexibility index (Phi) is 4.50. The highest BCUT2D eigenvalue weighted by atomic mass is 16.5. The number of hydrogen-bond acceptors (Lipinski definition) is 3. The molecule has 4 heteroatoms. The summed E-state index contributed by atoms with van der Waals surface area (Å²) in [5.41, 5.74) is 1.93. The van der Waals surface area contributed by atoms with E-state index in [-0.39, 0.29) is 5.56 Å². The highest BCUT2D eigenvalue weighted by molar-refractivity contribution is 5.89. The van der Waals surface area contributed by atoms with Gasteiger partial charge in [0.25, 0.3) is 0 Å². The van der Waals surface area contributed by atoms with Crippen LogP contribution in [0.1, 0.15) is 22.8 Å². The topological polar surface area (TPSA) is 58.9 Å². The van der Waals surface area contributed by atoms with E-state index in [1.165, 1.54) is 0 Å². The molecule has 2 rings (SSSR count). The lowest BCUT2D eigenvalue weighted by atomic mass is 10.1. The fraction of sp³-hybridized carbons (Fsp3) is 0.125. The Morgan fingerprint density at radius 3 is 2.35 bits per heavy atom.